The van der Waals surface area contributed by atoms with Gasteiger partial charge in [0.2, 0.25) is 0 Å². The molecule has 0 radical (unpaired) electrons. The molecule has 0 N–H and O–H groups in total. The number of carbonyl (C=O) groups excluding carboxylic acids is 3. The zero-order valence-electron chi connectivity index (χ0n) is 25.7. The van der Waals surface area contributed by atoms with E-state index in [-0.39, 0.29) is 0 Å². The van der Waals surface area contributed by atoms with Crippen molar-refractivity contribution in [2.24, 2.45) is 0 Å². The van der Waals surface area contributed by atoms with Gasteiger partial charge in [-0.15, -0.1) is 13.2 Å². The number of rotatable bonds is 9. The van der Waals surface area contributed by atoms with E-state index in [4.69, 9.17) is 14.2 Å². The van der Waals surface area contributed by atoms with Crippen molar-refractivity contribution in [3.8, 4) is 28.4 Å². The molecule has 0 amide bonds. The molecule has 0 aliphatic heterocycles. The zero-order chi connectivity index (χ0) is 32.1. The third-order valence-electron chi connectivity index (χ3n) is 4.67. The number of hydrogen-bond acceptors (Lipinski definition) is 6. The average Bonchev–Trinajstić information content (AvgIpc) is 2.94. The largest absolute Gasteiger partial charge is 0.497 e. The van der Waals surface area contributed by atoms with Crippen LogP contribution in [0.5, 0.6) is 17.2 Å². The van der Waals surface area contributed by atoms with E-state index in [1.807, 2.05) is 95.3 Å². The normalized spacial score (nSPS) is 9.31. The van der Waals surface area contributed by atoms with Gasteiger partial charge in [-0.05, 0) is 106 Å². The van der Waals surface area contributed by atoms with Crippen LogP contribution < -0.4 is 14.2 Å². The molecule has 0 saturated carbocycles. The minimum absolute atomic E-state index is 0.396. The first-order valence-electron chi connectivity index (χ1n) is 13.0. The second-order valence-electron chi connectivity index (χ2n) is 9.64. The van der Waals surface area contributed by atoms with E-state index in [2.05, 4.69) is 19.7 Å². The topological polar surface area (TPSA) is 78.9 Å². The fourth-order valence-corrected chi connectivity index (χ4v) is 2.93. The van der Waals surface area contributed by atoms with Gasteiger partial charge in [0.1, 0.15) is 23.5 Å². The fraction of sp³-hybridized carbons (Fsp3) is 0.194. The molecule has 0 atom stereocenters. The van der Waals surface area contributed by atoms with Crippen molar-refractivity contribution in [3.05, 3.63) is 114 Å². The third kappa shape index (κ3) is 16.2. The Morgan fingerprint density at radius 2 is 1.17 bits per heavy atom. The van der Waals surface area contributed by atoms with Gasteiger partial charge in [0.15, 0.2) is 0 Å². The fourth-order valence-electron chi connectivity index (χ4n) is 2.93. The molecule has 6 nitrogen and oxygen atoms in total. The Balaban J connectivity index is 0.00000109. The van der Waals surface area contributed by atoms with E-state index in [0.29, 0.717) is 30.0 Å². The maximum absolute atomic E-state index is 11.0. The second-order valence-corrected chi connectivity index (χ2v) is 9.64. The van der Waals surface area contributed by atoms with Crippen LogP contribution in [0.1, 0.15) is 51.3 Å². The van der Waals surface area contributed by atoms with Gasteiger partial charge >= 0.3 is 0 Å². The van der Waals surface area contributed by atoms with Crippen molar-refractivity contribution >= 4 is 31.4 Å². The summed E-state index contributed by atoms with van der Waals surface area (Å²) in [5.41, 5.74) is 7.56. The minimum atomic E-state index is 0.396. The van der Waals surface area contributed by atoms with E-state index >= 15 is 0 Å². The average molecular weight is 571 g/mol. The summed E-state index contributed by atoms with van der Waals surface area (Å²) in [5, 5.41) is 0. The summed E-state index contributed by atoms with van der Waals surface area (Å²) in [7, 11) is 1.62. The number of benzene rings is 3. The molecule has 3 rings (SSSR count). The number of aldehydes is 1. The maximum atomic E-state index is 11.0. The van der Waals surface area contributed by atoms with Gasteiger partial charge in [-0.1, -0.05) is 54.1 Å². The lowest BCUT2D eigenvalue weighted by Crippen LogP contribution is -1.95. The van der Waals surface area contributed by atoms with E-state index in [1.165, 1.54) is 11.1 Å². The number of carbonyl (C=O) groups is 3. The molecule has 3 aromatic carbocycles. The maximum Gasteiger partial charge on any atom is 0.298 e. The van der Waals surface area contributed by atoms with Crippen LogP contribution in [0.4, 0.5) is 0 Å². The van der Waals surface area contributed by atoms with Gasteiger partial charge in [0, 0.05) is 5.56 Å². The van der Waals surface area contributed by atoms with Gasteiger partial charge in [-0.3, -0.25) is 14.4 Å². The van der Waals surface area contributed by atoms with Crippen LogP contribution in [-0.4, -0.2) is 26.3 Å². The van der Waals surface area contributed by atoms with Gasteiger partial charge < -0.3 is 14.2 Å². The zero-order valence-corrected chi connectivity index (χ0v) is 25.7. The van der Waals surface area contributed by atoms with Crippen molar-refractivity contribution in [1.82, 2.24) is 0 Å². The summed E-state index contributed by atoms with van der Waals surface area (Å²) in [6.45, 7) is 22.8. The summed E-state index contributed by atoms with van der Waals surface area (Å²) in [6.07, 6.45) is 4.60. The Morgan fingerprint density at radius 3 is 1.60 bits per heavy atom. The molecule has 222 valence electrons. The molecule has 42 heavy (non-hydrogen) atoms. The number of hydrogen-bond donors (Lipinski definition) is 0. The number of ether oxygens (including phenoxy) is 3. The van der Waals surface area contributed by atoms with Gasteiger partial charge in [-0.25, -0.2) is 0 Å². The van der Waals surface area contributed by atoms with Crippen LogP contribution in [0.3, 0.4) is 0 Å². The lowest BCUT2D eigenvalue weighted by molar-refractivity contribution is -0.121. The highest BCUT2D eigenvalue weighted by molar-refractivity contribution is 5.79. The van der Waals surface area contributed by atoms with Crippen molar-refractivity contribution in [1.29, 1.82) is 0 Å². The lowest BCUT2D eigenvalue weighted by Gasteiger charge is -2.12. The summed E-state index contributed by atoms with van der Waals surface area (Å²) < 4.78 is 15.2. The van der Waals surface area contributed by atoms with Crippen LogP contribution in [0.15, 0.2) is 97.1 Å². The predicted octanol–water partition coefficient (Wildman–Crippen LogP) is 8.84. The van der Waals surface area contributed by atoms with E-state index in [9.17, 15) is 14.4 Å². The molecule has 0 aromatic heterocycles. The van der Waals surface area contributed by atoms with Crippen molar-refractivity contribution in [3.63, 3.8) is 0 Å². The molecule has 6 heteroatoms. The Labute approximate surface area is 250 Å². The number of aryl methyl sites for hydroxylation is 1. The predicted molar refractivity (Wildman–Crippen MR) is 174 cm³/mol. The van der Waals surface area contributed by atoms with Crippen LogP contribution in [0.2, 0.25) is 0 Å². The molecule has 0 heterocycles. The highest BCUT2D eigenvalue weighted by Crippen LogP contribution is 2.34. The quantitative estimate of drug-likeness (QED) is 0.111. The first kappa shape index (κ1) is 37.0. The van der Waals surface area contributed by atoms with Crippen molar-refractivity contribution < 1.29 is 28.6 Å². The van der Waals surface area contributed by atoms with E-state index < -0.39 is 0 Å². The standard InChI is InChI=1S/C24H20O5.C4H6O.2C4H8/c1-17-13-23(19-7-11-21(27-2)12-8-19)24(29-16-26)14-20(17)6-3-18-4-9-22(10-5-18)28-15-25;1-4(2)3-5;2*1-4(2)3/h3-16H,1-2H3;3H,1H2,2H3;2*1H2,2-3H3/b6-3+;;;. The number of methoxy groups -OCH3 is 1. The highest BCUT2D eigenvalue weighted by Gasteiger charge is 2.10. The van der Waals surface area contributed by atoms with Crippen molar-refractivity contribution in [2.75, 3.05) is 7.11 Å². The Hall–Kier alpha value is -4.97. The minimum Gasteiger partial charge on any atom is -0.497 e. The monoisotopic (exact) mass is 570 g/mol. The summed E-state index contributed by atoms with van der Waals surface area (Å²) >= 11 is 0. The molecule has 0 spiro atoms. The van der Waals surface area contributed by atoms with Gasteiger partial charge in [-0.2, -0.15) is 0 Å². The van der Waals surface area contributed by atoms with Crippen LogP contribution >= 0.6 is 0 Å². The first-order chi connectivity index (χ1) is 19.9. The molecule has 0 saturated heterocycles. The molecular formula is C36H42O6. The molecule has 0 aliphatic rings. The molecule has 0 unspecified atom stereocenters. The van der Waals surface area contributed by atoms with Crippen molar-refractivity contribution in [2.45, 2.75) is 41.5 Å². The summed E-state index contributed by atoms with van der Waals surface area (Å²) in [6, 6.07) is 18.5. The lowest BCUT2D eigenvalue weighted by atomic mass is 9.98. The second kappa shape index (κ2) is 20.9. The summed E-state index contributed by atoms with van der Waals surface area (Å²) in [5.74, 6) is 1.72. The van der Waals surface area contributed by atoms with Crippen LogP contribution in [-0.2, 0) is 14.4 Å². The Bertz CT molecular complexity index is 1330. The molecular weight excluding hydrogens is 528 g/mol. The molecule has 0 aliphatic carbocycles. The van der Waals surface area contributed by atoms with Crippen LogP contribution in [0, 0.1) is 6.92 Å². The third-order valence-corrected chi connectivity index (χ3v) is 4.67. The van der Waals surface area contributed by atoms with Gasteiger partial charge in [0.25, 0.3) is 12.9 Å². The van der Waals surface area contributed by atoms with E-state index in [1.54, 1.807) is 26.2 Å². The molecule has 0 fully saturated rings. The Morgan fingerprint density at radius 1 is 0.690 bits per heavy atom. The molecule has 3 aromatic rings. The SMILES string of the molecule is C=C(C)C.C=C(C)C.C=C(C)C=O.COc1ccc(-c2cc(C)c(/C=C/c3ccc(OC=O)cc3)cc2OC=O)cc1. The highest BCUT2D eigenvalue weighted by atomic mass is 16.5. The number of allylic oxidation sites excluding steroid dienone is 3. The molecule has 0 bridgehead atoms. The van der Waals surface area contributed by atoms with E-state index in [0.717, 1.165) is 39.9 Å². The smallest absolute Gasteiger partial charge is 0.298 e. The first-order valence-corrected chi connectivity index (χ1v) is 13.0. The van der Waals surface area contributed by atoms with Gasteiger partial charge in [0.05, 0.1) is 7.11 Å². The van der Waals surface area contributed by atoms with Crippen LogP contribution in [0.25, 0.3) is 23.3 Å². The Kier molecular flexibility index (Phi) is 18.4. The summed E-state index contributed by atoms with van der Waals surface area (Å²) in [4.78, 5) is 30.8.